The molecule has 0 aliphatic heterocycles. The fraction of sp³-hybridized carbons (Fsp3) is 0.400. The lowest BCUT2D eigenvalue weighted by atomic mass is 10.2. The van der Waals surface area contributed by atoms with Gasteiger partial charge in [0.15, 0.2) is 0 Å². The van der Waals surface area contributed by atoms with Crippen molar-refractivity contribution >= 4 is 5.91 Å². The number of benzene rings is 1. The second-order valence-corrected chi connectivity index (χ2v) is 4.22. The molecule has 4 heteroatoms. The summed E-state index contributed by atoms with van der Waals surface area (Å²) in [5.41, 5.74) is 1.11. The molecule has 102 valence electrons. The van der Waals surface area contributed by atoms with Gasteiger partial charge in [0.2, 0.25) is 0 Å². The van der Waals surface area contributed by atoms with E-state index in [1.165, 1.54) is 0 Å². The zero-order chi connectivity index (χ0) is 13.9. The molecule has 0 aromatic heterocycles. The highest BCUT2D eigenvalue weighted by molar-refractivity contribution is 5.76. The van der Waals surface area contributed by atoms with Gasteiger partial charge in [0.05, 0.1) is 5.76 Å². The topological polar surface area (TPSA) is 55.7 Å². The number of nitrogens with zero attached hydrogens (tertiary/aromatic N) is 1. The van der Waals surface area contributed by atoms with Gasteiger partial charge >= 0.3 is 0 Å². The second-order valence-electron chi connectivity index (χ2n) is 4.22. The molecule has 1 aromatic rings. The summed E-state index contributed by atoms with van der Waals surface area (Å²) in [7, 11) is 0. The number of hydrogen-bond donors (Lipinski definition) is 0. The molecule has 19 heavy (non-hydrogen) atoms. The first-order valence-electron chi connectivity index (χ1n) is 6.48. The molecule has 4 nitrogen and oxygen atoms in total. The molecule has 0 radical (unpaired) electrons. The number of carbonyl (C=O) groups excluding carboxylic acids is 1. The van der Waals surface area contributed by atoms with Crippen LogP contribution < -0.4 is 0 Å². The van der Waals surface area contributed by atoms with Crippen molar-refractivity contribution < 1.29 is 9.53 Å². The molecule has 1 aromatic carbocycles. The van der Waals surface area contributed by atoms with E-state index in [-0.39, 0.29) is 6.42 Å². The van der Waals surface area contributed by atoms with E-state index in [9.17, 15) is 9.70 Å². The molecule has 0 fully saturated rings. The van der Waals surface area contributed by atoms with Crippen molar-refractivity contribution in [2.75, 3.05) is 0 Å². The summed E-state index contributed by atoms with van der Waals surface area (Å²) in [5.74, 6) is 0.250. The van der Waals surface area contributed by atoms with E-state index in [1.807, 2.05) is 36.4 Å². The highest BCUT2D eigenvalue weighted by Crippen LogP contribution is 2.12. The predicted octanol–water partition coefficient (Wildman–Crippen LogP) is 3.96. The molecule has 0 bridgehead atoms. The highest BCUT2D eigenvalue weighted by Gasteiger charge is 2.02. The van der Waals surface area contributed by atoms with Crippen LogP contribution in [-0.4, -0.2) is 5.91 Å². The van der Waals surface area contributed by atoms with Gasteiger partial charge in [-0.05, 0) is 24.5 Å². The first kappa shape index (κ1) is 15.1. The lowest BCUT2D eigenvalue weighted by Crippen LogP contribution is -1.95. The molecule has 0 aliphatic carbocycles. The minimum Gasteiger partial charge on any atom is -0.494 e. The molecule has 1 rings (SSSR count). The van der Waals surface area contributed by atoms with Crippen LogP contribution in [0.5, 0.6) is 0 Å². The molecule has 0 aliphatic rings. The van der Waals surface area contributed by atoms with Crippen LogP contribution in [0.1, 0.15) is 38.2 Å². The predicted molar refractivity (Wildman–Crippen MR) is 74.3 cm³/mol. The van der Waals surface area contributed by atoms with Crippen LogP contribution in [0, 0.1) is 4.91 Å². The molecule has 0 saturated carbocycles. The van der Waals surface area contributed by atoms with Crippen LogP contribution >= 0.6 is 0 Å². The lowest BCUT2D eigenvalue weighted by Gasteiger charge is -2.10. The molecule has 0 N–H and O–H groups in total. The standard InChI is InChI=1S/C15H19NO3/c1-2-7-14(10-6-11-15(17)16-18)19-12-13-8-4-3-5-9-13/h3-5,8-10H,2,6-7,11-12H2,1H3/b14-10+. The van der Waals surface area contributed by atoms with E-state index in [0.29, 0.717) is 13.0 Å². The van der Waals surface area contributed by atoms with E-state index in [4.69, 9.17) is 4.74 Å². The Balaban J connectivity index is 2.45. The number of carbonyl (C=O) groups is 1. The third-order valence-corrected chi connectivity index (χ3v) is 2.60. The van der Waals surface area contributed by atoms with E-state index in [0.717, 1.165) is 24.2 Å². The average molecular weight is 261 g/mol. The largest absolute Gasteiger partial charge is 0.494 e. The van der Waals surface area contributed by atoms with Gasteiger partial charge in [-0.3, -0.25) is 4.79 Å². The summed E-state index contributed by atoms with van der Waals surface area (Å²) < 4.78 is 5.73. The molecule has 0 unspecified atom stereocenters. The molecular weight excluding hydrogens is 242 g/mol. The van der Waals surface area contributed by atoms with Crippen LogP contribution in [0.2, 0.25) is 0 Å². The monoisotopic (exact) mass is 261 g/mol. The Labute approximate surface area is 113 Å². The van der Waals surface area contributed by atoms with Crippen molar-refractivity contribution in [2.24, 2.45) is 5.18 Å². The van der Waals surface area contributed by atoms with Crippen molar-refractivity contribution in [3.8, 4) is 0 Å². The van der Waals surface area contributed by atoms with Gasteiger partial charge in [-0.1, -0.05) is 37.3 Å². The van der Waals surface area contributed by atoms with Crippen molar-refractivity contribution in [1.82, 2.24) is 0 Å². The van der Waals surface area contributed by atoms with Crippen LogP contribution in [0.25, 0.3) is 0 Å². The number of ether oxygens (including phenoxy) is 1. The molecular formula is C15H19NO3. The van der Waals surface area contributed by atoms with Gasteiger partial charge in [0.1, 0.15) is 6.61 Å². The molecule has 0 spiro atoms. The van der Waals surface area contributed by atoms with Gasteiger partial charge < -0.3 is 4.74 Å². The van der Waals surface area contributed by atoms with Gasteiger partial charge in [-0.15, -0.1) is 4.91 Å². The number of hydrogen-bond acceptors (Lipinski definition) is 3. The smallest absolute Gasteiger partial charge is 0.286 e. The zero-order valence-electron chi connectivity index (χ0n) is 11.2. The van der Waals surface area contributed by atoms with Crippen molar-refractivity contribution in [3.05, 3.63) is 52.6 Å². The number of amides is 1. The van der Waals surface area contributed by atoms with Crippen LogP contribution in [-0.2, 0) is 16.1 Å². The van der Waals surface area contributed by atoms with Crippen molar-refractivity contribution in [2.45, 2.75) is 39.2 Å². The first-order chi connectivity index (χ1) is 9.26. The maximum absolute atomic E-state index is 10.8. The van der Waals surface area contributed by atoms with E-state index in [2.05, 4.69) is 12.1 Å². The molecule has 0 heterocycles. The Hall–Kier alpha value is -1.97. The Morgan fingerprint density at radius 3 is 2.63 bits per heavy atom. The van der Waals surface area contributed by atoms with E-state index >= 15 is 0 Å². The number of allylic oxidation sites excluding steroid dienone is 2. The minimum atomic E-state index is -0.616. The fourth-order valence-electron chi connectivity index (χ4n) is 1.63. The summed E-state index contributed by atoms with van der Waals surface area (Å²) in [4.78, 5) is 20.7. The Kier molecular flexibility index (Phi) is 7.17. The van der Waals surface area contributed by atoms with Crippen LogP contribution in [0.3, 0.4) is 0 Å². The Morgan fingerprint density at radius 2 is 2.00 bits per heavy atom. The van der Waals surface area contributed by atoms with Gasteiger partial charge in [0, 0.05) is 18.0 Å². The maximum atomic E-state index is 10.8. The number of rotatable bonds is 8. The highest BCUT2D eigenvalue weighted by atomic mass is 16.5. The Morgan fingerprint density at radius 1 is 1.26 bits per heavy atom. The summed E-state index contributed by atoms with van der Waals surface area (Å²) in [6.45, 7) is 2.59. The van der Waals surface area contributed by atoms with E-state index in [1.54, 1.807) is 0 Å². The Bertz CT molecular complexity index is 426. The third kappa shape index (κ3) is 6.50. The summed E-state index contributed by atoms with van der Waals surface area (Å²) in [6.07, 6.45) is 4.31. The summed E-state index contributed by atoms with van der Waals surface area (Å²) in [5, 5.41) is 2.37. The maximum Gasteiger partial charge on any atom is 0.286 e. The first-order valence-corrected chi connectivity index (χ1v) is 6.48. The van der Waals surface area contributed by atoms with Crippen molar-refractivity contribution in [1.29, 1.82) is 0 Å². The quantitative estimate of drug-likeness (QED) is 0.525. The van der Waals surface area contributed by atoms with Gasteiger partial charge in [-0.2, -0.15) is 0 Å². The van der Waals surface area contributed by atoms with E-state index < -0.39 is 5.91 Å². The summed E-state index contributed by atoms with van der Waals surface area (Å²) in [6, 6.07) is 9.91. The fourth-order valence-corrected chi connectivity index (χ4v) is 1.63. The number of nitroso groups, excluding NO2 is 1. The zero-order valence-corrected chi connectivity index (χ0v) is 11.2. The van der Waals surface area contributed by atoms with Crippen molar-refractivity contribution in [3.63, 3.8) is 0 Å². The molecule has 0 atom stereocenters. The lowest BCUT2D eigenvalue weighted by molar-refractivity contribution is -0.117. The average Bonchev–Trinajstić information content (AvgIpc) is 2.45. The third-order valence-electron chi connectivity index (χ3n) is 2.60. The van der Waals surface area contributed by atoms with Crippen LogP contribution in [0.4, 0.5) is 0 Å². The van der Waals surface area contributed by atoms with Gasteiger partial charge in [0.25, 0.3) is 5.91 Å². The summed E-state index contributed by atoms with van der Waals surface area (Å²) >= 11 is 0. The molecule has 0 saturated heterocycles. The van der Waals surface area contributed by atoms with Gasteiger partial charge in [-0.25, -0.2) is 0 Å². The van der Waals surface area contributed by atoms with Crippen LogP contribution in [0.15, 0.2) is 47.3 Å². The minimum absolute atomic E-state index is 0.144. The normalized spacial score (nSPS) is 11.1. The second kappa shape index (κ2) is 9.03. The molecule has 1 amide bonds. The SMILES string of the molecule is CCC/C(=C\CCC(=O)N=O)OCc1ccccc1.